The van der Waals surface area contributed by atoms with Crippen molar-refractivity contribution in [3.05, 3.63) is 88.6 Å². The number of fused-ring (bicyclic) bond motifs is 1. The zero-order valence-corrected chi connectivity index (χ0v) is 20.7. The number of nitrogens with zero attached hydrogens (tertiary/aromatic N) is 2. The summed E-state index contributed by atoms with van der Waals surface area (Å²) in [4.78, 5) is 13.2. The van der Waals surface area contributed by atoms with Gasteiger partial charge in [-0.25, -0.2) is 0 Å². The van der Waals surface area contributed by atoms with Crippen LogP contribution in [0.15, 0.2) is 60.7 Å². The molecule has 6 heteroatoms. The number of aromatic nitrogens is 2. The minimum Gasteiger partial charge on any atom is -0.497 e. The fourth-order valence-electron chi connectivity index (χ4n) is 4.28. The Balaban J connectivity index is 1.51. The van der Waals surface area contributed by atoms with Crippen molar-refractivity contribution in [1.29, 1.82) is 0 Å². The number of rotatable bonds is 10. The Morgan fingerprint density at radius 1 is 1.06 bits per heavy atom. The SMILES string of the molecule is COc1ccc(NC=O)c(CC(C)c2ccc3c(/C=C/c4ccc(CN(C)C)cc4)n[nH]c3c2)c1. The van der Waals surface area contributed by atoms with Gasteiger partial charge in [-0.15, -0.1) is 0 Å². The summed E-state index contributed by atoms with van der Waals surface area (Å²) < 4.78 is 5.37. The lowest BCUT2D eigenvalue weighted by Crippen LogP contribution is -2.10. The molecule has 1 unspecified atom stereocenters. The van der Waals surface area contributed by atoms with E-state index in [1.54, 1.807) is 7.11 Å². The number of anilines is 1. The van der Waals surface area contributed by atoms with Crippen LogP contribution in [0.4, 0.5) is 5.69 Å². The van der Waals surface area contributed by atoms with E-state index >= 15 is 0 Å². The van der Waals surface area contributed by atoms with Crippen molar-refractivity contribution in [1.82, 2.24) is 15.1 Å². The molecular formula is C29H32N4O2. The highest BCUT2D eigenvalue weighted by molar-refractivity contribution is 5.89. The van der Waals surface area contributed by atoms with Gasteiger partial charge < -0.3 is 15.0 Å². The molecule has 4 rings (SSSR count). The Morgan fingerprint density at radius 3 is 2.57 bits per heavy atom. The van der Waals surface area contributed by atoms with Crippen molar-refractivity contribution >= 4 is 35.2 Å². The van der Waals surface area contributed by atoms with Gasteiger partial charge in [0.15, 0.2) is 0 Å². The predicted molar refractivity (Wildman–Crippen MR) is 144 cm³/mol. The molecule has 1 heterocycles. The number of ether oxygens (including phenoxy) is 1. The van der Waals surface area contributed by atoms with Crippen LogP contribution < -0.4 is 10.1 Å². The Hall–Kier alpha value is -3.90. The molecule has 0 radical (unpaired) electrons. The number of amides is 1. The van der Waals surface area contributed by atoms with Gasteiger partial charge in [0.1, 0.15) is 5.75 Å². The van der Waals surface area contributed by atoms with Gasteiger partial charge in [-0.2, -0.15) is 5.10 Å². The smallest absolute Gasteiger partial charge is 0.211 e. The van der Waals surface area contributed by atoms with E-state index < -0.39 is 0 Å². The highest BCUT2D eigenvalue weighted by atomic mass is 16.5. The van der Waals surface area contributed by atoms with Gasteiger partial charge in [-0.3, -0.25) is 9.89 Å². The summed E-state index contributed by atoms with van der Waals surface area (Å²) in [6, 6.07) is 20.7. The molecule has 0 spiro atoms. The van der Waals surface area contributed by atoms with Gasteiger partial charge >= 0.3 is 0 Å². The molecule has 1 aromatic heterocycles. The topological polar surface area (TPSA) is 70.2 Å². The standard InChI is InChI=1S/C29H32N4O2/c1-20(15-24-16-25(35-4)11-14-27(24)30-19-34)23-10-12-26-28(31-32-29(26)17-23)13-9-21-5-7-22(8-6-21)18-33(2)3/h5-14,16-17,19-20H,15,18H2,1-4H3,(H,30,34)(H,31,32)/b13-9+. The molecule has 0 saturated carbocycles. The van der Waals surface area contributed by atoms with Crippen LogP contribution in [0.3, 0.4) is 0 Å². The first-order valence-electron chi connectivity index (χ1n) is 11.7. The molecular weight excluding hydrogens is 436 g/mol. The van der Waals surface area contributed by atoms with Crippen LogP contribution in [0.25, 0.3) is 23.1 Å². The Bertz CT molecular complexity index is 1320. The first-order chi connectivity index (χ1) is 17.0. The van der Waals surface area contributed by atoms with E-state index in [1.807, 2.05) is 18.2 Å². The van der Waals surface area contributed by atoms with Gasteiger partial charge in [0.25, 0.3) is 0 Å². The second-order valence-electron chi connectivity index (χ2n) is 9.12. The summed E-state index contributed by atoms with van der Waals surface area (Å²) in [6.45, 7) is 3.12. The lowest BCUT2D eigenvalue weighted by molar-refractivity contribution is -0.105. The van der Waals surface area contributed by atoms with E-state index in [0.717, 1.165) is 52.1 Å². The van der Waals surface area contributed by atoms with Crippen molar-refractivity contribution < 1.29 is 9.53 Å². The molecule has 0 aliphatic carbocycles. The van der Waals surface area contributed by atoms with Crippen LogP contribution in [-0.4, -0.2) is 42.7 Å². The van der Waals surface area contributed by atoms with Crippen molar-refractivity contribution in [3.63, 3.8) is 0 Å². The average Bonchev–Trinajstić information content (AvgIpc) is 3.26. The largest absolute Gasteiger partial charge is 0.497 e. The van der Waals surface area contributed by atoms with Crippen molar-refractivity contribution in [2.75, 3.05) is 26.5 Å². The van der Waals surface area contributed by atoms with Crippen molar-refractivity contribution in [3.8, 4) is 5.75 Å². The maximum atomic E-state index is 11.0. The number of H-pyrrole nitrogens is 1. The van der Waals surface area contributed by atoms with E-state index in [-0.39, 0.29) is 5.92 Å². The number of hydrogen-bond acceptors (Lipinski definition) is 4. The Kier molecular flexibility index (Phi) is 7.63. The second-order valence-corrected chi connectivity index (χ2v) is 9.12. The number of benzene rings is 3. The fraction of sp³-hybridized carbons (Fsp3) is 0.241. The summed E-state index contributed by atoms with van der Waals surface area (Å²) in [5, 5.41) is 11.6. The Morgan fingerprint density at radius 2 is 1.86 bits per heavy atom. The van der Waals surface area contributed by atoms with E-state index in [1.165, 1.54) is 11.1 Å². The molecule has 0 bridgehead atoms. The molecule has 3 aromatic carbocycles. The number of aromatic amines is 1. The van der Waals surface area contributed by atoms with Gasteiger partial charge in [-0.05, 0) is 79.0 Å². The van der Waals surface area contributed by atoms with Crippen LogP contribution in [0.1, 0.15) is 40.8 Å². The minimum atomic E-state index is 0.238. The molecule has 0 aliphatic rings. The second kappa shape index (κ2) is 11.0. The highest BCUT2D eigenvalue weighted by Gasteiger charge is 2.13. The molecule has 2 N–H and O–H groups in total. The highest BCUT2D eigenvalue weighted by Crippen LogP contribution is 2.30. The fourth-order valence-corrected chi connectivity index (χ4v) is 4.28. The van der Waals surface area contributed by atoms with Crippen LogP contribution in [0, 0.1) is 0 Å². The molecule has 35 heavy (non-hydrogen) atoms. The van der Waals surface area contributed by atoms with Crippen LogP contribution in [0.5, 0.6) is 5.75 Å². The quantitative estimate of drug-likeness (QED) is 0.292. The first kappa shape index (κ1) is 24.2. The van der Waals surface area contributed by atoms with Gasteiger partial charge in [0.05, 0.1) is 18.3 Å². The third kappa shape index (κ3) is 5.97. The maximum Gasteiger partial charge on any atom is 0.211 e. The minimum absolute atomic E-state index is 0.238. The van der Waals surface area contributed by atoms with Gasteiger partial charge in [0, 0.05) is 17.6 Å². The summed E-state index contributed by atoms with van der Waals surface area (Å²) >= 11 is 0. The number of hydrogen-bond donors (Lipinski definition) is 2. The van der Waals surface area contributed by atoms with E-state index in [4.69, 9.17) is 4.74 Å². The molecule has 6 nitrogen and oxygen atoms in total. The third-order valence-electron chi connectivity index (χ3n) is 6.15. The van der Waals surface area contributed by atoms with E-state index in [0.29, 0.717) is 6.41 Å². The Labute approximate surface area is 206 Å². The summed E-state index contributed by atoms with van der Waals surface area (Å²) in [7, 11) is 5.79. The molecule has 0 saturated heterocycles. The number of nitrogens with one attached hydrogen (secondary N) is 2. The molecule has 1 amide bonds. The van der Waals surface area contributed by atoms with Crippen LogP contribution in [0.2, 0.25) is 0 Å². The van der Waals surface area contributed by atoms with E-state index in [9.17, 15) is 4.79 Å². The van der Waals surface area contributed by atoms with Crippen LogP contribution in [-0.2, 0) is 17.8 Å². The molecule has 180 valence electrons. The summed E-state index contributed by atoms with van der Waals surface area (Å²) in [5.74, 6) is 1.01. The first-order valence-corrected chi connectivity index (χ1v) is 11.7. The number of carbonyl (C=O) groups excluding carboxylic acids is 1. The maximum absolute atomic E-state index is 11.0. The summed E-state index contributed by atoms with van der Waals surface area (Å²) in [5.41, 5.74) is 7.40. The lowest BCUT2D eigenvalue weighted by Gasteiger charge is -2.16. The van der Waals surface area contributed by atoms with Crippen molar-refractivity contribution in [2.24, 2.45) is 0 Å². The monoisotopic (exact) mass is 468 g/mol. The molecule has 0 aliphatic heterocycles. The molecule has 0 fully saturated rings. The molecule has 1 atom stereocenters. The number of carbonyl (C=O) groups is 1. The average molecular weight is 469 g/mol. The van der Waals surface area contributed by atoms with Gasteiger partial charge in [-0.1, -0.05) is 49.4 Å². The van der Waals surface area contributed by atoms with Crippen molar-refractivity contribution in [2.45, 2.75) is 25.8 Å². The predicted octanol–water partition coefficient (Wildman–Crippen LogP) is 5.72. The lowest BCUT2D eigenvalue weighted by atomic mass is 9.92. The molecule has 4 aromatic rings. The zero-order chi connectivity index (χ0) is 24.8. The number of methoxy groups -OCH3 is 1. The third-order valence-corrected chi connectivity index (χ3v) is 6.15. The summed E-state index contributed by atoms with van der Waals surface area (Å²) in [6.07, 6.45) is 5.62. The normalized spacial score (nSPS) is 12.4. The van der Waals surface area contributed by atoms with Gasteiger partial charge in [0.2, 0.25) is 6.41 Å². The van der Waals surface area contributed by atoms with E-state index in [2.05, 4.69) is 96.0 Å². The zero-order valence-electron chi connectivity index (χ0n) is 20.7. The van der Waals surface area contributed by atoms with Crippen LogP contribution >= 0.6 is 0 Å².